The zero-order valence-electron chi connectivity index (χ0n) is 5.00. The number of carboxylic acid groups (broad SMARTS) is 1. The van der Waals surface area contributed by atoms with Crippen LogP contribution in [0.15, 0.2) is 0 Å². The molecule has 0 rings (SSSR count). The first-order chi connectivity index (χ1) is 4.20. The number of hydrogen-bond acceptors (Lipinski definition) is 2. The fourth-order valence-corrected chi connectivity index (χ4v) is 0.675. The van der Waals surface area contributed by atoms with E-state index in [0.29, 0.717) is 6.32 Å². The maximum Gasteiger partial charge on any atom is 0.304 e. The first kappa shape index (κ1) is 8.92. The number of carbonyl (C=O) groups is 1. The third-order valence-corrected chi connectivity index (χ3v) is 1.41. The third kappa shape index (κ3) is 4.43. The molecular weight excluding hydrogens is 136 g/mol. The third-order valence-electron chi connectivity index (χ3n) is 0.941. The van der Waals surface area contributed by atoms with Gasteiger partial charge >= 0.3 is 5.97 Å². The van der Waals surface area contributed by atoms with Gasteiger partial charge in [-0.3, -0.25) is 9.88 Å². The van der Waals surface area contributed by atoms with Crippen molar-refractivity contribution in [2.75, 3.05) is 0 Å². The Kier molecular flexibility index (Phi) is 4.73. The van der Waals surface area contributed by atoms with Crippen molar-refractivity contribution < 1.29 is 9.90 Å². The van der Waals surface area contributed by atoms with Crippen LogP contribution in [0.2, 0.25) is 6.32 Å². The molecule has 9 heavy (non-hydrogen) atoms. The van der Waals surface area contributed by atoms with Gasteiger partial charge in [0.1, 0.15) is 0 Å². The summed E-state index contributed by atoms with van der Waals surface area (Å²) in [4.78, 5) is 10.0. The van der Waals surface area contributed by atoms with Crippen LogP contribution in [0.1, 0.15) is 6.42 Å². The van der Waals surface area contributed by atoms with E-state index in [4.69, 9.17) is 13.0 Å². The van der Waals surface area contributed by atoms with E-state index < -0.39 is 5.97 Å². The molecule has 0 heterocycles. The van der Waals surface area contributed by atoms with Gasteiger partial charge in [0.05, 0.1) is 14.3 Å². The highest BCUT2D eigenvalue weighted by Crippen LogP contribution is 1.97. The van der Waals surface area contributed by atoms with Gasteiger partial charge in [-0.25, -0.2) is 0 Å². The number of aliphatic carboxylic acids is 1. The molecule has 0 aliphatic heterocycles. The predicted octanol–water partition coefficient (Wildman–Crippen LogP) is -0.204. The molecule has 3 nitrogen and oxygen atoms in total. The van der Waals surface area contributed by atoms with Gasteiger partial charge in [0.25, 0.3) is 0 Å². The summed E-state index contributed by atoms with van der Waals surface area (Å²) < 4.78 is 0. The lowest BCUT2D eigenvalue weighted by Gasteiger charge is -2.08. The highest BCUT2D eigenvalue weighted by atomic mass is 31.0. The highest BCUT2D eigenvalue weighted by molar-refractivity contribution is 7.13. The van der Waals surface area contributed by atoms with Crippen LogP contribution in [0.3, 0.4) is 0 Å². The molecule has 0 aromatic carbocycles. The number of rotatable bonds is 4. The molecule has 2 atom stereocenters. The second-order valence-corrected chi connectivity index (χ2v) is 2.03. The lowest BCUT2D eigenvalue weighted by Crippen LogP contribution is -2.22. The fourth-order valence-electron chi connectivity index (χ4n) is 0.421. The van der Waals surface area contributed by atoms with Crippen molar-refractivity contribution in [2.45, 2.75) is 18.8 Å². The van der Waals surface area contributed by atoms with Crippen LogP contribution in [-0.4, -0.2) is 25.0 Å². The van der Waals surface area contributed by atoms with E-state index in [0.717, 1.165) is 0 Å². The summed E-state index contributed by atoms with van der Waals surface area (Å²) in [5, 5.41) is 10.9. The predicted molar refractivity (Wildman–Crippen MR) is 39.4 cm³/mol. The Hall–Kier alpha value is -0.0751. The van der Waals surface area contributed by atoms with Crippen LogP contribution >= 0.6 is 9.39 Å². The molecule has 0 amide bonds. The zero-order valence-corrected chi connectivity index (χ0v) is 6.16. The lowest BCUT2D eigenvalue weighted by atomic mass is 9.96. The minimum absolute atomic E-state index is 0.0694. The Morgan fingerprint density at radius 2 is 2.44 bits per heavy atom. The van der Waals surface area contributed by atoms with Gasteiger partial charge in [0, 0.05) is 6.04 Å². The SMILES string of the molecule is [B]C[C@@H](CC(=O)O)NP. The molecule has 2 N–H and O–H groups in total. The van der Waals surface area contributed by atoms with E-state index in [2.05, 4.69) is 14.5 Å². The van der Waals surface area contributed by atoms with Gasteiger partial charge < -0.3 is 5.11 Å². The molecule has 5 heteroatoms. The molecule has 2 radical (unpaired) electrons. The van der Waals surface area contributed by atoms with Crippen molar-refractivity contribution in [1.29, 1.82) is 0 Å². The van der Waals surface area contributed by atoms with E-state index in [1.54, 1.807) is 0 Å². The Balaban J connectivity index is 3.43. The van der Waals surface area contributed by atoms with Crippen molar-refractivity contribution in [3.63, 3.8) is 0 Å². The summed E-state index contributed by atoms with van der Waals surface area (Å²) in [6.45, 7) is 0. The van der Waals surface area contributed by atoms with Gasteiger partial charge in [-0.2, -0.15) is 0 Å². The van der Waals surface area contributed by atoms with Crippen molar-refractivity contribution in [1.82, 2.24) is 5.09 Å². The molecule has 0 saturated carbocycles. The molecule has 50 valence electrons. The molecule has 0 fully saturated rings. The minimum Gasteiger partial charge on any atom is -0.481 e. The maximum atomic E-state index is 10.0. The number of hydrogen-bond donors (Lipinski definition) is 2. The Labute approximate surface area is 57.9 Å². The average molecular weight is 145 g/mol. The van der Waals surface area contributed by atoms with Gasteiger partial charge in [0.15, 0.2) is 0 Å². The largest absolute Gasteiger partial charge is 0.481 e. The first-order valence-electron chi connectivity index (χ1n) is 2.58. The molecule has 0 aliphatic rings. The smallest absolute Gasteiger partial charge is 0.304 e. The van der Waals surface area contributed by atoms with Crippen molar-refractivity contribution in [3.05, 3.63) is 0 Å². The molecule has 0 aliphatic carbocycles. The summed E-state index contributed by atoms with van der Waals surface area (Å²) >= 11 is 0. The van der Waals surface area contributed by atoms with Crippen molar-refractivity contribution in [3.8, 4) is 0 Å². The molecule has 0 bridgehead atoms. The molecule has 0 spiro atoms. The van der Waals surface area contributed by atoms with Crippen molar-refractivity contribution in [2.24, 2.45) is 0 Å². The monoisotopic (exact) mass is 145 g/mol. The fraction of sp³-hybridized carbons (Fsp3) is 0.750. The van der Waals surface area contributed by atoms with E-state index in [9.17, 15) is 4.79 Å². The Bertz CT molecular complexity index is 96.6. The first-order valence-corrected chi connectivity index (χ1v) is 3.16. The molecule has 0 saturated heterocycles. The topological polar surface area (TPSA) is 49.3 Å². The van der Waals surface area contributed by atoms with E-state index in [-0.39, 0.29) is 12.5 Å². The van der Waals surface area contributed by atoms with Crippen molar-refractivity contribution >= 4 is 23.2 Å². The molecule has 0 aromatic heterocycles. The van der Waals surface area contributed by atoms with Crippen LogP contribution in [0, 0.1) is 0 Å². The van der Waals surface area contributed by atoms with Crippen LogP contribution in [0.4, 0.5) is 0 Å². The van der Waals surface area contributed by atoms with Gasteiger partial charge in [-0.05, 0) is 0 Å². The van der Waals surface area contributed by atoms with Crippen LogP contribution in [-0.2, 0) is 4.79 Å². The van der Waals surface area contributed by atoms with E-state index >= 15 is 0 Å². The molecule has 0 aromatic rings. The van der Waals surface area contributed by atoms with Crippen LogP contribution in [0.25, 0.3) is 0 Å². The molecular formula is C4H9BNO2P. The van der Waals surface area contributed by atoms with E-state index in [1.807, 2.05) is 0 Å². The standard InChI is InChI=1S/C4H9BNO2P/c5-2-3(6-9)1-4(7)8/h3,6H,1-2,9H2,(H,7,8)/t3-/m1/s1. The number of carboxylic acids is 1. The molecule has 1 unspecified atom stereocenters. The zero-order chi connectivity index (χ0) is 7.28. The number of nitrogens with one attached hydrogen (secondary N) is 1. The minimum atomic E-state index is -0.833. The van der Waals surface area contributed by atoms with Crippen LogP contribution in [0.5, 0.6) is 0 Å². The normalized spacial score (nSPS) is 13.0. The quantitative estimate of drug-likeness (QED) is 0.425. The van der Waals surface area contributed by atoms with Gasteiger partial charge in [-0.1, -0.05) is 15.7 Å². The summed E-state index contributed by atoms with van der Waals surface area (Å²) in [7, 11) is 7.43. The van der Waals surface area contributed by atoms with Gasteiger partial charge in [-0.15, -0.1) is 0 Å². The van der Waals surface area contributed by atoms with Crippen LogP contribution < -0.4 is 5.09 Å². The summed E-state index contributed by atoms with van der Waals surface area (Å²) in [5.74, 6) is -0.833. The summed E-state index contributed by atoms with van der Waals surface area (Å²) in [5.41, 5.74) is 0. The maximum absolute atomic E-state index is 10.0. The lowest BCUT2D eigenvalue weighted by molar-refractivity contribution is -0.137. The Morgan fingerprint density at radius 1 is 1.89 bits per heavy atom. The second-order valence-electron chi connectivity index (χ2n) is 1.70. The van der Waals surface area contributed by atoms with Gasteiger partial charge in [0.2, 0.25) is 0 Å². The summed E-state index contributed by atoms with van der Waals surface area (Å²) in [6, 6.07) is -0.132. The summed E-state index contributed by atoms with van der Waals surface area (Å²) in [6.07, 6.45) is 0.413. The second kappa shape index (κ2) is 4.77. The Morgan fingerprint density at radius 3 is 2.56 bits per heavy atom. The highest BCUT2D eigenvalue weighted by Gasteiger charge is 2.06. The average Bonchev–Trinajstić information content (AvgIpc) is 1.82. The van der Waals surface area contributed by atoms with E-state index in [1.165, 1.54) is 0 Å².